The molecule has 3 N–H and O–H groups in total. The SMILES string of the molecule is Cc1nc2c(C(N)=O)cnn2c(C)c1CCC(=O)Nc1ccnn1Cc1ccc(C(C)(C)C)cc1. The first kappa shape index (κ1) is 24.1. The maximum atomic E-state index is 12.8. The van der Waals surface area contributed by atoms with Crippen LogP contribution in [0.15, 0.2) is 42.7 Å². The van der Waals surface area contributed by atoms with Crippen molar-refractivity contribution in [2.75, 3.05) is 5.32 Å². The van der Waals surface area contributed by atoms with Crippen molar-refractivity contribution in [2.24, 2.45) is 5.73 Å². The van der Waals surface area contributed by atoms with Crippen LogP contribution in [0.5, 0.6) is 0 Å². The van der Waals surface area contributed by atoms with Crippen LogP contribution in [0.3, 0.4) is 0 Å². The third kappa shape index (κ3) is 5.08. The van der Waals surface area contributed by atoms with Gasteiger partial charge < -0.3 is 11.1 Å². The quantitative estimate of drug-likeness (QED) is 0.425. The molecule has 2 amide bonds. The fourth-order valence-corrected chi connectivity index (χ4v) is 4.14. The molecule has 3 aromatic heterocycles. The van der Waals surface area contributed by atoms with Crippen LogP contribution in [-0.2, 0) is 23.2 Å². The Balaban J connectivity index is 1.43. The van der Waals surface area contributed by atoms with Crippen molar-refractivity contribution in [3.8, 4) is 0 Å². The Morgan fingerprint density at radius 2 is 1.77 bits per heavy atom. The molecular weight excluding hydrogens is 442 g/mol. The molecule has 35 heavy (non-hydrogen) atoms. The highest BCUT2D eigenvalue weighted by atomic mass is 16.2. The van der Waals surface area contributed by atoms with Gasteiger partial charge in [-0.3, -0.25) is 9.59 Å². The normalized spacial score (nSPS) is 11.7. The van der Waals surface area contributed by atoms with Crippen molar-refractivity contribution in [3.05, 3.63) is 76.4 Å². The largest absolute Gasteiger partial charge is 0.365 e. The fraction of sp³-hybridized carbons (Fsp3) is 0.346. The summed E-state index contributed by atoms with van der Waals surface area (Å²) in [6, 6.07) is 10.3. The van der Waals surface area contributed by atoms with E-state index in [-0.39, 0.29) is 23.3 Å². The predicted octanol–water partition coefficient (Wildman–Crippen LogP) is 3.56. The maximum Gasteiger partial charge on any atom is 0.254 e. The summed E-state index contributed by atoms with van der Waals surface area (Å²) in [7, 11) is 0. The van der Waals surface area contributed by atoms with Gasteiger partial charge in [-0.2, -0.15) is 10.2 Å². The van der Waals surface area contributed by atoms with Gasteiger partial charge >= 0.3 is 0 Å². The summed E-state index contributed by atoms with van der Waals surface area (Å²) in [6.07, 6.45) is 3.86. The molecular formula is C26H31N7O2. The third-order valence-corrected chi connectivity index (χ3v) is 6.21. The molecule has 4 aromatic rings. The summed E-state index contributed by atoms with van der Waals surface area (Å²) in [4.78, 5) is 28.9. The van der Waals surface area contributed by atoms with E-state index in [9.17, 15) is 9.59 Å². The predicted molar refractivity (Wildman–Crippen MR) is 134 cm³/mol. The molecule has 0 bridgehead atoms. The minimum Gasteiger partial charge on any atom is -0.365 e. The Labute approximate surface area is 204 Å². The second-order valence-electron chi connectivity index (χ2n) is 9.79. The van der Waals surface area contributed by atoms with Crippen molar-refractivity contribution in [3.63, 3.8) is 0 Å². The zero-order valence-electron chi connectivity index (χ0n) is 20.8. The van der Waals surface area contributed by atoms with E-state index in [1.54, 1.807) is 21.5 Å². The molecule has 3 heterocycles. The molecule has 0 spiro atoms. The molecule has 0 saturated heterocycles. The van der Waals surface area contributed by atoms with Gasteiger partial charge in [0.25, 0.3) is 5.91 Å². The lowest BCUT2D eigenvalue weighted by molar-refractivity contribution is -0.116. The van der Waals surface area contributed by atoms with Crippen molar-refractivity contribution >= 4 is 23.3 Å². The van der Waals surface area contributed by atoms with E-state index >= 15 is 0 Å². The van der Waals surface area contributed by atoms with Gasteiger partial charge in [0.2, 0.25) is 5.91 Å². The smallest absolute Gasteiger partial charge is 0.254 e. The van der Waals surface area contributed by atoms with Crippen LogP contribution in [0.2, 0.25) is 0 Å². The molecule has 4 rings (SSSR count). The van der Waals surface area contributed by atoms with E-state index in [0.717, 1.165) is 22.5 Å². The van der Waals surface area contributed by atoms with E-state index in [4.69, 9.17) is 5.73 Å². The molecule has 0 aliphatic carbocycles. The second kappa shape index (κ2) is 9.32. The van der Waals surface area contributed by atoms with E-state index in [2.05, 4.69) is 65.5 Å². The van der Waals surface area contributed by atoms with Crippen LogP contribution in [-0.4, -0.2) is 36.2 Å². The second-order valence-corrected chi connectivity index (χ2v) is 9.79. The highest BCUT2D eigenvalue weighted by Crippen LogP contribution is 2.23. The van der Waals surface area contributed by atoms with E-state index in [0.29, 0.717) is 24.4 Å². The van der Waals surface area contributed by atoms with Gasteiger partial charge in [0, 0.05) is 23.9 Å². The van der Waals surface area contributed by atoms with Crippen molar-refractivity contribution in [1.82, 2.24) is 24.4 Å². The van der Waals surface area contributed by atoms with Gasteiger partial charge in [-0.1, -0.05) is 45.0 Å². The minimum atomic E-state index is -0.569. The molecule has 1 aromatic carbocycles. The number of anilines is 1. The number of amides is 2. The molecule has 0 unspecified atom stereocenters. The van der Waals surface area contributed by atoms with Crippen molar-refractivity contribution in [1.29, 1.82) is 0 Å². The molecule has 0 aliphatic heterocycles. The lowest BCUT2D eigenvalue weighted by Gasteiger charge is -2.19. The number of aryl methyl sites for hydroxylation is 2. The molecule has 0 aliphatic rings. The van der Waals surface area contributed by atoms with Crippen molar-refractivity contribution < 1.29 is 9.59 Å². The summed E-state index contributed by atoms with van der Waals surface area (Å²) in [5, 5.41) is 11.6. The molecule has 9 heteroatoms. The number of benzene rings is 1. The molecule has 0 radical (unpaired) electrons. The van der Waals surface area contributed by atoms with Gasteiger partial charge in [-0.15, -0.1) is 0 Å². The maximum absolute atomic E-state index is 12.8. The number of nitrogens with two attached hydrogens (primary N) is 1. The lowest BCUT2D eigenvalue weighted by Crippen LogP contribution is -2.18. The number of hydrogen-bond acceptors (Lipinski definition) is 5. The van der Waals surface area contributed by atoms with Gasteiger partial charge in [0.15, 0.2) is 5.65 Å². The van der Waals surface area contributed by atoms with E-state index in [1.807, 2.05) is 13.8 Å². The topological polar surface area (TPSA) is 120 Å². The Morgan fingerprint density at radius 3 is 2.43 bits per heavy atom. The summed E-state index contributed by atoms with van der Waals surface area (Å²) in [5.74, 6) is -0.0395. The number of fused-ring (bicyclic) bond motifs is 1. The lowest BCUT2D eigenvalue weighted by atomic mass is 9.87. The number of rotatable bonds is 7. The van der Waals surface area contributed by atoms with Crippen LogP contribution in [0.25, 0.3) is 5.65 Å². The van der Waals surface area contributed by atoms with Gasteiger partial charge in [0.05, 0.1) is 18.9 Å². The first-order valence-electron chi connectivity index (χ1n) is 11.6. The van der Waals surface area contributed by atoms with Crippen LogP contribution in [0.4, 0.5) is 5.82 Å². The molecule has 182 valence electrons. The minimum absolute atomic E-state index is 0.0989. The summed E-state index contributed by atoms with van der Waals surface area (Å²) in [5.41, 5.74) is 11.1. The highest BCUT2D eigenvalue weighted by Gasteiger charge is 2.18. The fourth-order valence-electron chi connectivity index (χ4n) is 4.14. The zero-order chi connectivity index (χ0) is 25.3. The zero-order valence-corrected chi connectivity index (χ0v) is 20.8. The summed E-state index contributed by atoms with van der Waals surface area (Å²) < 4.78 is 3.38. The van der Waals surface area contributed by atoms with E-state index < -0.39 is 5.91 Å². The van der Waals surface area contributed by atoms with Gasteiger partial charge in [-0.05, 0) is 42.4 Å². The number of nitrogens with zero attached hydrogens (tertiary/aromatic N) is 5. The number of aromatic nitrogens is 5. The number of carbonyl (C=O) groups excluding carboxylic acids is 2. The van der Waals surface area contributed by atoms with Crippen LogP contribution in [0.1, 0.15) is 65.6 Å². The number of primary amides is 1. The van der Waals surface area contributed by atoms with Crippen LogP contribution >= 0.6 is 0 Å². The monoisotopic (exact) mass is 473 g/mol. The van der Waals surface area contributed by atoms with Crippen LogP contribution < -0.4 is 11.1 Å². The van der Waals surface area contributed by atoms with Crippen LogP contribution in [0, 0.1) is 13.8 Å². The molecule has 9 nitrogen and oxygen atoms in total. The van der Waals surface area contributed by atoms with Gasteiger partial charge in [0.1, 0.15) is 11.4 Å². The Kier molecular flexibility index (Phi) is 6.43. The Bertz CT molecular complexity index is 1390. The molecule has 0 saturated carbocycles. The first-order chi connectivity index (χ1) is 16.5. The average Bonchev–Trinajstić information content (AvgIpc) is 3.40. The molecule has 0 atom stereocenters. The summed E-state index contributed by atoms with van der Waals surface area (Å²) >= 11 is 0. The Morgan fingerprint density at radius 1 is 1.06 bits per heavy atom. The number of hydrogen-bond donors (Lipinski definition) is 2. The number of carbonyl (C=O) groups is 2. The average molecular weight is 474 g/mol. The van der Waals surface area contributed by atoms with Crippen molar-refractivity contribution in [2.45, 2.75) is 59.4 Å². The summed E-state index contributed by atoms with van der Waals surface area (Å²) in [6.45, 7) is 10.9. The third-order valence-electron chi connectivity index (χ3n) is 6.21. The highest BCUT2D eigenvalue weighted by molar-refractivity contribution is 5.98. The molecule has 0 fully saturated rings. The standard InChI is InChI=1S/C26H31N7O2/c1-16-20(17(2)33-25(30-16)21(14-29-33)24(27)35)10-11-23(34)31-22-12-13-28-32(22)15-18-6-8-19(9-7-18)26(3,4)5/h6-9,12-14H,10-11,15H2,1-5H3,(H2,27,35)(H,31,34). The first-order valence-corrected chi connectivity index (χ1v) is 11.6. The van der Waals surface area contributed by atoms with Gasteiger partial charge in [-0.25, -0.2) is 14.2 Å². The Hall–Kier alpha value is -4.01. The van der Waals surface area contributed by atoms with E-state index in [1.165, 1.54) is 11.8 Å². The number of nitrogens with one attached hydrogen (secondary N) is 1.